The molecule has 1 N–H and O–H groups in total. The predicted molar refractivity (Wildman–Crippen MR) is 94.4 cm³/mol. The van der Waals surface area contributed by atoms with Crippen molar-refractivity contribution in [3.63, 3.8) is 0 Å². The highest BCUT2D eigenvalue weighted by atomic mass is 35.5. The average molecular weight is 347 g/mol. The van der Waals surface area contributed by atoms with Gasteiger partial charge in [-0.05, 0) is 56.5 Å². The maximum Gasteiger partial charge on any atom is 0.264 e. The van der Waals surface area contributed by atoms with Gasteiger partial charge in [-0.25, -0.2) is 0 Å². The van der Waals surface area contributed by atoms with Crippen molar-refractivity contribution in [3.8, 4) is 5.75 Å². The van der Waals surface area contributed by atoms with Crippen LogP contribution in [0.3, 0.4) is 0 Å². The van der Waals surface area contributed by atoms with E-state index in [1.54, 1.807) is 29.7 Å². The summed E-state index contributed by atoms with van der Waals surface area (Å²) in [4.78, 5) is 25.4. The highest BCUT2D eigenvalue weighted by Gasteiger charge is 2.28. The van der Waals surface area contributed by atoms with Crippen LogP contribution < -0.4 is 15.6 Å². The van der Waals surface area contributed by atoms with E-state index in [0.717, 1.165) is 18.5 Å². The Balaban J connectivity index is 1.94. The van der Waals surface area contributed by atoms with Gasteiger partial charge in [0.2, 0.25) is 0 Å². The lowest BCUT2D eigenvalue weighted by atomic mass is 10.1. The number of hydrogen-bond acceptors (Lipinski definition) is 3. The number of ether oxygens (including phenoxy) is 1. The number of nitrogens with zero attached hydrogens (tertiary/aromatic N) is 1. The normalized spacial score (nSPS) is 13.7. The van der Waals surface area contributed by atoms with Crippen LogP contribution >= 0.6 is 11.6 Å². The number of carbonyl (C=O) groups is 1. The molecular weight excluding hydrogens is 328 g/mol. The number of aromatic nitrogens is 1. The summed E-state index contributed by atoms with van der Waals surface area (Å²) in [5.41, 5.74) is 2.03. The van der Waals surface area contributed by atoms with Crippen LogP contribution in [0, 0.1) is 13.8 Å². The van der Waals surface area contributed by atoms with Crippen LogP contribution in [0.1, 0.15) is 40.5 Å². The summed E-state index contributed by atoms with van der Waals surface area (Å²) in [5.74, 6) is 0.102. The van der Waals surface area contributed by atoms with E-state index in [-0.39, 0.29) is 17.2 Å². The Morgan fingerprint density at radius 2 is 2.00 bits per heavy atom. The molecule has 0 bridgehead atoms. The fourth-order valence-electron chi connectivity index (χ4n) is 2.90. The first-order chi connectivity index (χ1) is 11.4. The molecule has 24 heavy (non-hydrogen) atoms. The minimum absolute atomic E-state index is 0.180. The molecule has 1 aromatic heterocycles. The topological polar surface area (TPSA) is 60.3 Å². The van der Waals surface area contributed by atoms with Crippen LogP contribution in [-0.4, -0.2) is 17.6 Å². The molecular formula is C18H19ClN2O3. The monoisotopic (exact) mass is 346 g/mol. The Labute approximate surface area is 145 Å². The molecule has 0 aliphatic heterocycles. The zero-order valence-corrected chi connectivity index (χ0v) is 14.6. The van der Waals surface area contributed by atoms with Crippen molar-refractivity contribution in [1.82, 2.24) is 4.57 Å². The number of halogens is 1. The third kappa shape index (κ3) is 3.04. The molecule has 126 valence electrons. The van der Waals surface area contributed by atoms with Gasteiger partial charge < -0.3 is 14.6 Å². The molecule has 5 nitrogen and oxygen atoms in total. The van der Waals surface area contributed by atoms with Gasteiger partial charge in [-0.15, -0.1) is 0 Å². The Morgan fingerprint density at radius 1 is 1.29 bits per heavy atom. The Kier molecular flexibility index (Phi) is 4.37. The van der Waals surface area contributed by atoms with Crippen LogP contribution in [0.4, 0.5) is 5.69 Å². The zero-order valence-electron chi connectivity index (χ0n) is 13.9. The smallest absolute Gasteiger partial charge is 0.264 e. The molecule has 1 fully saturated rings. The van der Waals surface area contributed by atoms with Gasteiger partial charge in [-0.3, -0.25) is 9.59 Å². The number of methoxy groups -OCH3 is 1. The van der Waals surface area contributed by atoms with Crippen molar-refractivity contribution >= 4 is 23.2 Å². The van der Waals surface area contributed by atoms with Crippen molar-refractivity contribution in [1.29, 1.82) is 0 Å². The van der Waals surface area contributed by atoms with Crippen molar-refractivity contribution in [2.24, 2.45) is 0 Å². The number of aryl methyl sites for hydroxylation is 2. The van der Waals surface area contributed by atoms with E-state index in [2.05, 4.69) is 5.32 Å². The molecule has 0 unspecified atom stereocenters. The average Bonchev–Trinajstić information content (AvgIpc) is 3.31. The van der Waals surface area contributed by atoms with E-state index in [1.807, 2.05) is 13.0 Å². The zero-order chi connectivity index (χ0) is 17.4. The number of anilines is 1. The standard InChI is InChI=1S/C18H19ClN2O3/c1-10-8-11(2)21(13-5-6-13)18(23)16(10)17(22)20-12-4-7-15(24-3)14(19)9-12/h4,7-9,13H,5-6H2,1-3H3,(H,20,22). The maximum atomic E-state index is 12.7. The Hall–Kier alpha value is -2.27. The van der Waals surface area contributed by atoms with Gasteiger partial charge in [0, 0.05) is 17.4 Å². The molecule has 0 atom stereocenters. The largest absolute Gasteiger partial charge is 0.495 e. The molecule has 1 saturated carbocycles. The summed E-state index contributed by atoms with van der Waals surface area (Å²) in [5, 5.41) is 3.14. The fraction of sp³-hybridized carbons (Fsp3) is 0.333. The highest BCUT2D eigenvalue weighted by molar-refractivity contribution is 6.32. The minimum atomic E-state index is -0.423. The van der Waals surface area contributed by atoms with Crippen LogP contribution in [0.15, 0.2) is 29.1 Å². The molecule has 2 aromatic rings. The first-order valence-corrected chi connectivity index (χ1v) is 8.17. The number of amides is 1. The molecule has 0 saturated heterocycles. The second kappa shape index (κ2) is 6.32. The summed E-state index contributed by atoms with van der Waals surface area (Å²) in [6.45, 7) is 3.68. The van der Waals surface area contributed by atoms with Crippen molar-refractivity contribution in [3.05, 3.63) is 56.5 Å². The van der Waals surface area contributed by atoms with E-state index in [9.17, 15) is 9.59 Å². The van der Waals surface area contributed by atoms with E-state index in [0.29, 0.717) is 22.0 Å². The lowest BCUT2D eigenvalue weighted by Crippen LogP contribution is -2.31. The summed E-state index contributed by atoms with van der Waals surface area (Å²) < 4.78 is 6.82. The van der Waals surface area contributed by atoms with Gasteiger partial charge >= 0.3 is 0 Å². The SMILES string of the molecule is COc1ccc(NC(=O)c2c(C)cc(C)n(C3CC3)c2=O)cc1Cl. The molecule has 1 amide bonds. The van der Waals surface area contributed by atoms with E-state index in [4.69, 9.17) is 16.3 Å². The number of hydrogen-bond donors (Lipinski definition) is 1. The highest BCUT2D eigenvalue weighted by Crippen LogP contribution is 2.34. The van der Waals surface area contributed by atoms with Crippen molar-refractivity contribution in [2.45, 2.75) is 32.7 Å². The molecule has 1 aromatic carbocycles. The first kappa shape index (κ1) is 16.6. The second-order valence-electron chi connectivity index (χ2n) is 6.05. The lowest BCUT2D eigenvalue weighted by molar-refractivity contribution is 0.102. The van der Waals surface area contributed by atoms with Crippen LogP contribution in [0.25, 0.3) is 0 Å². The minimum Gasteiger partial charge on any atom is -0.495 e. The van der Waals surface area contributed by atoms with E-state index >= 15 is 0 Å². The van der Waals surface area contributed by atoms with Crippen LogP contribution in [-0.2, 0) is 0 Å². The number of pyridine rings is 1. The number of nitrogens with one attached hydrogen (secondary N) is 1. The van der Waals surface area contributed by atoms with E-state index < -0.39 is 5.91 Å². The molecule has 0 radical (unpaired) electrons. The molecule has 6 heteroatoms. The van der Waals surface area contributed by atoms with Gasteiger partial charge in [0.25, 0.3) is 11.5 Å². The quantitative estimate of drug-likeness (QED) is 0.917. The van der Waals surface area contributed by atoms with Gasteiger partial charge in [0.05, 0.1) is 12.1 Å². The van der Waals surface area contributed by atoms with Crippen molar-refractivity contribution in [2.75, 3.05) is 12.4 Å². The summed E-state index contributed by atoms with van der Waals surface area (Å²) in [7, 11) is 1.52. The molecule has 1 heterocycles. The van der Waals surface area contributed by atoms with Gasteiger partial charge in [-0.1, -0.05) is 11.6 Å². The number of rotatable bonds is 4. The van der Waals surface area contributed by atoms with Crippen LogP contribution in [0.2, 0.25) is 5.02 Å². The molecule has 0 spiro atoms. The summed E-state index contributed by atoms with van der Waals surface area (Å²) in [6, 6.07) is 7.06. The first-order valence-electron chi connectivity index (χ1n) is 7.80. The predicted octanol–water partition coefficient (Wildman–Crippen LogP) is 3.71. The molecule has 3 rings (SSSR count). The fourth-order valence-corrected chi connectivity index (χ4v) is 3.16. The number of benzene rings is 1. The third-order valence-electron chi connectivity index (χ3n) is 4.18. The molecule has 1 aliphatic rings. The Bertz CT molecular complexity index is 869. The second-order valence-corrected chi connectivity index (χ2v) is 6.46. The van der Waals surface area contributed by atoms with E-state index in [1.165, 1.54) is 7.11 Å². The maximum absolute atomic E-state index is 12.7. The Morgan fingerprint density at radius 3 is 2.58 bits per heavy atom. The lowest BCUT2D eigenvalue weighted by Gasteiger charge is -2.14. The van der Waals surface area contributed by atoms with Crippen molar-refractivity contribution < 1.29 is 9.53 Å². The van der Waals surface area contributed by atoms with Gasteiger partial charge in [0.15, 0.2) is 0 Å². The summed E-state index contributed by atoms with van der Waals surface area (Å²) in [6.07, 6.45) is 1.97. The number of carbonyl (C=O) groups excluding carboxylic acids is 1. The van der Waals surface area contributed by atoms with Crippen LogP contribution in [0.5, 0.6) is 5.75 Å². The summed E-state index contributed by atoms with van der Waals surface area (Å²) >= 11 is 6.08. The molecule has 1 aliphatic carbocycles. The van der Waals surface area contributed by atoms with Gasteiger partial charge in [-0.2, -0.15) is 0 Å². The van der Waals surface area contributed by atoms with Gasteiger partial charge in [0.1, 0.15) is 11.3 Å². The third-order valence-corrected chi connectivity index (χ3v) is 4.48.